The molecule has 0 aromatic heterocycles. The third kappa shape index (κ3) is 8.30. The number of carboxylic acid groups (broad SMARTS) is 1. The minimum absolute atomic E-state index is 0.0722. The quantitative estimate of drug-likeness (QED) is 0.0511. The Morgan fingerprint density at radius 3 is 2.00 bits per heavy atom. The summed E-state index contributed by atoms with van der Waals surface area (Å²) < 4.78 is 42.5. The van der Waals surface area contributed by atoms with Crippen LogP contribution >= 0.6 is 0 Å². The number of fused-ring (bicyclic) bond motifs is 7. The van der Waals surface area contributed by atoms with Crippen molar-refractivity contribution in [2.45, 2.75) is 201 Å². The van der Waals surface area contributed by atoms with E-state index in [4.69, 9.17) is 33.2 Å². The minimum atomic E-state index is -1.97. The van der Waals surface area contributed by atoms with Crippen LogP contribution in [-0.4, -0.2) is 164 Å². The average Bonchev–Trinajstić information content (AvgIpc) is 3.26. The number of rotatable bonds is 10. The predicted octanol–water partition coefficient (Wildman–Crippen LogP) is 2.06. The zero-order chi connectivity index (χ0) is 51.3. The molecule has 0 radical (unpaired) electrons. The van der Waals surface area contributed by atoms with Gasteiger partial charge in [0, 0.05) is 30.3 Å². The highest BCUT2D eigenvalue weighted by molar-refractivity contribution is 5.88. The lowest BCUT2D eigenvalue weighted by atomic mass is 9.32. The molecule has 4 saturated carbocycles. The lowest BCUT2D eigenvalue weighted by molar-refractivity contribution is -0.366. The smallest absolute Gasteiger partial charge is 0.335 e. The van der Waals surface area contributed by atoms with Crippen LogP contribution in [-0.2, 0) is 52.3 Å². The van der Waals surface area contributed by atoms with E-state index in [1.165, 1.54) is 13.8 Å². The first-order chi connectivity index (χ1) is 32.0. The van der Waals surface area contributed by atoms with Crippen molar-refractivity contribution >= 4 is 23.9 Å². The normalized spacial score (nSPS) is 48.0. The van der Waals surface area contributed by atoms with Crippen LogP contribution in [0.25, 0.3) is 0 Å². The Bertz CT molecular complexity index is 2050. The van der Waals surface area contributed by atoms with E-state index in [-0.39, 0.29) is 11.8 Å². The molecule has 19 nitrogen and oxygen atoms in total. The van der Waals surface area contributed by atoms with Gasteiger partial charge in [-0.2, -0.15) is 0 Å². The molecule has 7 aliphatic rings. The molecule has 2 aliphatic heterocycles. The van der Waals surface area contributed by atoms with E-state index in [1.54, 1.807) is 19.9 Å². The Labute approximate surface area is 403 Å². The maximum Gasteiger partial charge on any atom is 0.335 e. The Hall–Kier alpha value is -3.08. The average molecular weight is 981 g/mol. The summed E-state index contributed by atoms with van der Waals surface area (Å²) in [5.74, 6) is -4.36. The lowest BCUT2D eigenvalue weighted by Crippen LogP contribution is -2.77. The number of aliphatic hydroxyl groups excluding tert-OH is 7. The van der Waals surface area contributed by atoms with Gasteiger partial charge in [-0.05, 0) is 86.4 Å². The van der Waals surface area contributed by atoms with E-state index in [0.29, 0.717) is 44.1 Å². The van der Waals surface area contributed by atoms with Crippen LogP contribution in [0.2, 0.25) is 0 Å². The highest BCUT2D eigenvalue weighted by atomic mass is 16.8. The van der Waals surface area contributed by atoms with Gasteiger partial charge in [0.05, 0.1) is 24.7 Å². The van der Waals surface area contributed by atoms with E-state index in [1.807, 2.05) is 20.8 Å². The van der Waals surface area contributed by atoms with Crippen LogP contribution in [0.3, 0.4) is 0 Å². The van der Waals surface area contributed by atoms with Gasteiger partial charge in [0.1, 0.15) is 54.9 Å². The first-order valence-corrected chi connectivity index (χ1v) is 24.4. The summed E-state index contributed by atoms with van der Waals surface area (Å²) in [6.45, 7) is 19.1. The number of esters is 3. The van der Waals surface area contributed by atoms with Crippen molar-refractivity contribution < 1.29 is 93.2 Å². The van der Waals surface area contributed by atoms with E-state index in [9.17, 15) is 60.0 Å². The summed E-state index contributed by atoms with van der Waals surface area (Å²) >= 11 is 0. The molecule has 2 heterocycles. The molecule has 0 aromatic carbocycles. The van der Waals surface area contributed by atoms with Gasteiger partial charge in [0.25, 0.3) is 0 Å². The fourth-order valence-electron chi connectivity index (χ4n) is 14.9. The van der Waals surface area contributed by atoms with E-state index < -0.39 is 161 Å². The molecule has 2 saturated heterocycles. The van der Waals surface area contributed by atoms with Crippen molar-refractivity contribution in [1.82, 2.24) is 0 Å². The van der Waals surface area contributed by atoms with Gasteiger partial charge in [-0.15, -0.1) is 0 Å². The van der Waals surface area contributed by atoms with E-state index in [0.717, 1.165) is 5.57 Å². The molecule has 19 heteroatoms. The zero-order valence-electron chi connectivity index (χ0n) is 41.7. The number of aliphatic carboxylic acids is 1. The summed E-state index contributed by atoms with van der Waals surface area (Å²) in [5.41, 5.74) is -4.22. The molecule has 0 bridgehead atoms. The van der Waals surface area contributed by atoms with Crippen molar-refractivity contribution in [2.24, 2.45) is 50.2 Å². The molecule has 0 spiro atoms. The van der Waals surface area contributed by atoms with Gasteiger partial charge < -0.3 is 74.0 Å². The van der Waals surface area contributed by atoms with Crippen LogP contribution in [0.4, 0.5) is 0 Å². The highest BCUT2D eigenvalue weighted by Gasteiger charge is 2.77. The lowest BCUT2D eigenvalue weighted by Gasteiger charge is -2.73. The number of ether oxygens (including phenoxy) is 7. The minimum Gasteiger partial charge on any atom is -0.479 e. The van der Waals surface area contributed by atoms with Gasteiger partial charge >= 0.3 is 23.9 Å². The highest BCUT2D eigenvalue weighted by Crippen LogP contribution is 2.76. The summed E-state index contributed by atoms with van der Waals surface area (Å²) in [7, 11) is 0. The predicted molar refractivity (Wildman–Crippen MR) is 240 cm³/mol. The third-order valence-corrected chi connectivity index (χ3v) is 18.8. The van der Waals surface area contributed by atoms with Crippen LogP contribution < -0.4 is 0 Å². The van der Waals surface area contributed by atoms with Crippen molar-refractivity contribution in [2.75, 3.05) is 13.2 Å². The number of hydrogen-bond acceptors (Lipinski definition) is 18. The molecule has 8 N–H and O–H groups in total. The van der Waals surface area contributed by atoms with Crippen molar-refractivity contribution in [3.8, 4) is 0 Å². The van der Waals surface area contributed by atoms with Crippen LogP contribution in [0, 0.1) is 50.2 Å². The number of hydrogen-bond donors (Lipinski definition) is 8. The molecule has 69 heavy (non-hydrogen) atoms. The van der Waals surface area contributed by atoms with Crippen molar-refractivity contribution in [1.29, 1.82) is 0 Å². The molecule has 5 aliphatic carbocycles. The Kier molecular flexibility index (Phi) is 14.6. The monoisotopic (exact) mass is 980 g/mol. The molecule has 0 aromatic rings. The fraction of sp³-hybridized carbons (Fsp3) is 0.840. The van der Waals surface area contributed by atoms with E-state index in [2.05, 4.69) is 33.8 Å². The van der Waals surface area contributed by atoms with E-state index >= 15 is 0 Å². The fourth-order valence-corrected chi connectivity index (χ4v) is 14.9. The largest absolute Gasteiger partial charge is 0.479 e. The summed E-state index contributed by atoms with van der Waals surface area (Å²) in [6, 6.07) is 0. The van der Waals surface area contributed by atoms with Crippen LogP contribution in [0.5, 0.6) is 0 Å². The van der Waals surface area contributed by atoms with Gasteiger partial charge in [-0.3, -0.25) is 9.59 Å². The molecular formula is C50H76O19. The van der Waals surface area contributed by atoms with Gasteiger partial charge in [-0.25, -0.2) is 9.59 Å². The zero-order valence-corrected chi connectivity index (χ0v) is 41.7. The molecule has 11 unspecified atom stereocenters. The number of aliphatic hydroxyl groups is 7. The van der Waals surface area contributed by atoms with Crippen LogP contribution in [0.1, 0.15) is 115 Å². The van der Waals surface area contributed by atoms with Crippen molar-refractivity contribution in [3.63, 3.8) is 0 Å². The maximum atomic E-state index is 14.1. The SMILES string of the molecule is C/C=C(\C)C(=O)OC1C(O)C2(CO)C(CC(C)(C)C(OC(C)=O)C2OC(C)=O)C2=CCC3C4(C)CC[C@H](O[C@@H]5O[C@H](C(=O)O)[C@@H](O)[C@H](O)[C@H]5O[C@@H]5OC[C@H](O)[C@H](O)[C@H]5O)C(C)(C)C4CCC3(C)C21C. The van der Waals surface area contributed by atoms with Gasteiger partial charge in [0.2, 0.25) is 0 Å². The summed E-state index contributed by atoms with van der Waals surface area (Å²) in [6.07, 6.45) is -14.6. The first-order valence-electron chi connectivity index (χ1n) is 24.4. The number of carboxylic acids is 1. The number of carbonyl (C=O) groups excluding carboxylic acids is 3. The second-order valence-electron chi connectivity index (χ2n) is 23.1. The summed E-state index contributed by atoms with van der Waals surface area (Å²) in [5, 5.41) is 88.2. The molecule has 7 rings (SSSR count). The van der Waals surface area contributed by atoms with Gasteiger partial charge in [-0.1, -0.05) is 66.2 Å². The topological polar surface area (TPSA) is 295 Å². The Morgan fingerprint density at radius 2 is 1.41 bits per heavy atom. The first kappa shape index (κ1) is 53.7. The number of allylic oxidation sites excluding steroid dienone is 2. The summed E-state index contributed by atoms with van der Waals surface area (Å²) in [4.78, 5) is 52.1. The standard InChI is InChI=1S/C50H76O19/c1-12-22(2)42(62)69-38-37(59)50(21-51)26(19-45(5,6)39(64-23(3)52)40(50)65-24(4)53)25-13-14-29-47(9)17-16-30(46(7,8)28(47)15-18-48(29,10)49(25,38)11)66-44-36(33(57)32(56)35(67-44)41(60)61)68-43-34(58)31(55)27(54)20-63-43/h12-13,26-40,43-44,51,54-59H,14-21H2,1-11H3,(H,60,61)/b22-12+/t26?,27-,28?,29?,30-,31-,32-,33-,34+,35-,36+,37?,38?,39?,40?,43-,44+,47?,48?,49?,50?/m0/s1. The van der Waals surface area contributed by atoms with Crippen LogP contribution in [0.15, 0.2) is 23.3 Å². The maximum absolute atomic E-state index is 14.1. The van der Waals surface area contributed by atoms with Gasteiger partial charge in [0.15, 0.2) is 24.8 Å². The molecule has 0 amide bonds. The second kappa shape index (κ2) is 18.8. The molecular weight excluding hydrogens is 905 g/mol. The molecule has 390 valence electrons. The van der Waals surface area contributed by atoms with Crippen molar-refractivity contribution in [3.05, 3.63) is 23.3 Å². The number of carbonyl (C=O) groups is 4. The Morgan fingerprint density at radius 1 is 0.768 bits per heavy atom. The Balaban J connectivity index is 1.27. The molecule has 21 atom stereocenters. The third-order valence-electron chi connectivity index (χ3n) is 18.8. The second-order valence-corrected chi connectivity index (χ2v) is 23.1. The molecule has 6 fully saturated rings.